The molecule has 114 valence electrons. The molecule has 2 aromatic rings. The molecule has 0 saturated heterocycles. The van der Waals surface area contributed by atoms with Crippen LogP contribution in [-0.2, 0) is 9.59 Å². The summed E-state index contributed by atoms with van der Waals surface area (Å²) in [4.78, 5) is 23.1. The maximum atomic E-state index is 11.9. The fraction of sp³-hybridized carbons (Fsp3) is 0.176. The third-order valence-corrected chi connectivity index (χ3v) is 3.00. The van der Waals surface area contributed by atoms with E-state index in [1.807, 2.05) is 30.3 Å². The number of hydrogen-bond donors (Lipinski definition) is 3. The summed E-state index contributed by atoms with van der Waals surface area (Å²) in [5, 5.41) is 8.59. The van der Waals surface area contributed by atoms with E-state index in [1.165, 1.54) is 0 Å². The number of amides is 2. The van der Waals surface area contributed by atoms with Crippen LogP contribution in [0.25, 0.3) is 0 Å². The summed E-state index contributed by atoms with van der Waals surface area (Å²) in [6.45, 7) is 1.99. The van der Waals surface area contributed by atoms with Crippen LogP contribution in [0, 0.1) is 0 Å². The number of benzene rings is 2. The van der Waals surface area contributed by atoms with Crippen molar-refractivity contribution in [2.45, 2.75) is 13.3 Å². The minimum Gasteiger partial charge on any atom is -0.376 e. The SMILES string of the molecule is CCC(=O)Nc1ccc(NC(=O)CNc2ccccc2)cc1. The van der Waals surface area contributed by atoms with E-state index in [1.54, 1.807) is 31.2 Å². The summed E-state index contributed by atoms with van der Waals surface area (Å²) in [6, 6.07) is 16.6. The van der Waals surface area contributed by atoms with Gasteiger partial charge in [-0.15, -0.1) is 0 Å². The van der Waals surface area contributed by atoms with E-state index in [0.29, 0.717) is 17.8 Å². The third-order valence-electron chi connectivity index (χ3n) is 3.00. The Bertz CT molecular complexity index is 624. The molecule has 0 aliphatic heterocycles. The van der Waals surface area contributed by atoms with Gasteiger partial charge in [0, 0.05) is 23.5 Å². The van der Waals surface area contributed by atoms with E-state index in [2.05, 4.69) is 16.0 Å². The number of carbonyl (C=O) groups is 2. The van der Waals surface area contributed by atoms with Gasteiger partial charge in [-0.3, -0.25) is 9.59 Å². The molecule has 0 unspecified atom stereocenters. The summed E-state index contributed by atoms with van der Waals surface area (Å²) < 4.78 is 0. The van der Waals surface area contributed by atoms with Gasteiger partial charge in [-0.1, -0.05) is 25.1 Å². The normalized spacial score (nSPS) is 9.86. The molecule has 0 aromatic heterocycles. The molecule has 5 heteroatoms. The fourth-order valence-electron chi connectivity index (χ4n) is 1.83. The first-order valence-electron chi connectivity index (χ1n) is 7.16. The number of carbonyl (C=O) groups excluding carboxylic acids is 2. The smallest absolute Gasteiger partial charge is 0.243 e. The molecule has 0 spiro atoms. The van der Waals surface area contributed by atoms with Gasteiger partial charge in [-0.25, -0.2) is 0 Å². The van der Waals surface area contributed by atoms with Crippen LogP contribution in [0.3, 0.4) is 0 Å². The first-order valence-corrected chi connectivity index (χ1v) is 7.16. The molecule has 0 bridgehead atoms. The van der Waals surface area contributed by atoms with Crippen molar-refractivity contribution in [3.63, 3.8) is 0 Å². The summed E-state index contributed by atoms with van der Waals surface area (Å²) in [6.07, 6.45) is 0.434. The summed E-state index contributed by atoms with van der Waals surface area (Å²) >= 11 is 0. The van der Waals surface area contributed by atoms with Crippen molar-refractivity contribution in [2.75, 3.05) is 22.5 Å². The van der Waals surface area contributed by atoms with Crippen LogP contribution < -0.4 is 16.0 Å². The molecular formula is C17H19N3O2. The van der Waals surface area contributed by atoms with Gasteiger partial charge >= 0.3 is 0 Å². The highest BCUT2D eigenvalue weighted by atomic mass is 16.2. The minimum atomic E-state index is -0.130. The topological polar surface area (TPSA) is 70.2 Å². The number of nitrogens with one attached hydrogen (secondary N) is 3. The maximum absolute atomic E-state index is 11.9. The van der Waals surface area contributed by atoms with Crippen LogP contribution in [0.1, 0.15) is 13.3 Å². The molecule has 5 nitrogen and oxygen atoms in total. The van der Waals surface area contributed by atoms with Gasteiger partial charge in [-0.05, 0) is 36.4 Å². The van der Waals surface area contributed by atoms with Gasteiger partial charge < -0.3 is 16.0 Å². The summed E-state index contributed by atoms with van der Waals surface area (Å²) in [5.41, 5.74) is 2.30. The first kappa shape index (κ1) is 15.6. The van der Waals surface area contributed by atoms with Gasteiger partial charge in [-0.2, -0.15) is 0 Å². The Labute approximate surface area is 129 Å². The van der Waals surface area contributed by atoms with Crippen LogP contribution in [-0.4, -0.2) is 18.4 Å². The van der Waals surface area contributed by atoms with Crippen molar-refractivity contribution >= 4 is 28.9 Å². The quantitative estimate of drug-likeness (QED) is 0.767. The van der Waals surface area contributed by atoms with Gasteiger partial charge in [0.15, 0.2) is 0 Å². The summed E-state index contributed by atoms with van der Waals surface area (Å²) in [7, 11) is 0. The molecule has 0 saturated carbocycles. The second-order valence-corrected chi connectivity index (χ2v) is 4.75. The van der Waals surface area contributed by atoms with E-state index in [9.17, 15) is 9.59 Å². The molecule has 2 amide bonds. The molecule has 0 heterocycles. The van der Waals surface area contributed by atoms with E-state index in [0.717, 1.165) is 5.69 Å². The maximum Gasteiger partial charge on any atom is 0.243 e. The van der Waals surface area contributed by atoms with Crippen molar-refractivity contribution < 1.29 is 9.59 Å². The Hall–Kier alpha value is -2.82. The van der Waals surface area contributed by atoms with Gasteiger partial charge in [0.25, 0.3) is 0 Å². The molecule has 0 aliphatic carbocycles. The van der Waals surface area contributed by atoms with Crippen LogP contribution >= 0.6 is 0 Å². The van der Waals surface area contributed by atoms with Crippen LogP contribution in [0.2, 0.25) is 0 Å². The lowest BCUT2D eigenvalue weighted by Crippen LogP contribution is -2.21. The Morgan fingerprint density at radius 2 is 1.32 bits per heavy atom. The first-order chi connectivity index (χ1) is 10.7. The molecule has 0 atom stereocenters. The molecule has 22 heavy (non-hydrogen) atoms. The number of rotatable bonds is 6. The zero-order chi connectivity index (χ0) is 15.8. The molecule has 2 rings (SSSR count). The molecule has 0 radical (unpaired) electrons. The molecule has 2 aromatic carbocycles. The Morgan fingerprint density at radius 1 is 0.773 bits per heavy atom. The highest BCUT2D eigenvalue weighted by molar-refractivity contribution is 5.94. The van der Waals surface area contributed by atoms with Crippen LogP contribution in [0.15, 0.2) is 54.6 Å². The Kier molecular flexibility index (Phi) is 5.54. The number of anilines is 3. The van der Waals surface area contributed by atoms with Crippen LogP contribution in [0.4, 0.5) is 17.1 Å². The summed E-state index contributed by atoms with van der Waals surface area (Å²) in [5.74, 6) is -0.168. The van der Waals surface area contributed by atoms with Crippen molar-refractivity contribution in [3.05, 3.63) is 54.6 Å². The molecular weight excluding hydrogens is 278 g/mol. The van der Waals surface area contributed by atoms with Gasteiger partial charge in [0.2, 0.25) is 11.8 Å². The molecule has 3 N–H and O–H groups in total. The number of hydrogen-bond acceptors (Lipinski definition) is 3. The average Bonchev–Trinajstić information content (AvgIpc) is 2.55. The fourth-order valence-corrected chi connectivity index (χ4v) is 1.83. The predicted octanol–water partition coefficient (Wildman–Crippen LogP) is 3.09. The Balaban J connectivity index is 1.82. The monoisotopic (exact) mass is 297 g/mol. The minimum absolute atomic E-state index is 0.0381. The average molecular weight is 297 g/mol. The zero-order valence-corrected chi connectivity index (χ0v) is 12.4. The second-order valence-electron chi connectivity index (χ2n) is 4.75. The number of para-hydroxylation sites is 1. The highest BCUT2D eigenvalue weighted by Crippen LogP contribution is 2.14. The lowest BCUT2D eigenvalue weighted by Gasteiger charge is -2.09. The van der Waals surface area contributed by atoms with Crippen molar-refractivity contribution in [1.82, 2.24) is 0 Å². The Morgan fingerprint density at radius 3 is 1.86 bits per heavy atom. The third kappa shape index (κ3) is 4.94. The van der Waals surface area contributed by atoms with Gasteiger partial charge in [0.05, 0.1) is 6.54 Å². The van der Waals surface area contributed by atoms with E-state index in [4.69, 9.17) is 0 Å². The highest BCUT2D eigenvalue weighted by Gasteiger charge is 2.03. The van der Waals surface area contributed by atoms with E-state index < -0.39 is 0 Å². The van der Waals surface area contributed by atoms with Crippen molar-refractivity contribution in [1.29, 1.82) is 0 Å². The van der Waals surface area contributed by atoms with Crippen LogP contribution in [0.5, 0.6) is 0 Å². The van der Waals surface area contributed by atoms with E-state index >= 15 is 0 Å². The lowest BCUT2D eigenvalue weighted by molar-refractivity contribution is -0.116. The van der Waals surface area contributed by atoms with E-state index in [-0.39, 0.29) is 18.4 Å². The predicted molar refractivity (Wildman–Crippen MR) is 88.9 cm³/mol. The lowest BCUT2D eigenvalue weighted by atomic mass is 10.2. The standard InChI is InChI=1S/C17H19N3O2/c1-2-16(21)19-14-8-10-15(11-9-14)20-17(22)12-18-13-6-4-3-5-7-13/h3-11,18H,2,12H2,1H3,(H,19,21)(H,20,22). The molecule has 0 aliphatic rings. The largest absolute Gasteiger partial charge is 0.376 e. The van der Waals surface area contributed by atoms with Crippen molar-refractivity contribution in [2.24, 2.45) is 0 Å². The zero-order valence-electron chi connectivity index (χ0n) is 12.4. The van der Waals surface area contributed by atoms with Crippen molar-refractivity contribution in [3.8, 4) is 0 Å². The van der Waals surface area contributed by atoms with Gasteiger partial charge in [0.1, 0.15) is 0 Å². The molecule has 0 fully saturated rings. The second kappa shape index (κ2) is 7.83.